The zero-order valence-corrected chi connectivity index (χ0v) is 23.9. The van der Waals surface area contributed by atoms with Gasteiger partial charge < -0.3 is 25.4 Å². The van der Waals surface area contributed by atoms with Crippen LogP contribution in [0.1, 0.15) is 10.4 Å². The number of halogens is 3. The number of rotatable bonds is 7. The van der Waals surface area contributed by atoms with Gasteiger partial charge in [0.05, 0.1) is 12.6 Å². The summed E-state index contributed by atoms with van der Waals surface area (Å²) in [5.74, 6) is -0.766. The standard InChI is InChI=1S/C30H27N5O2.C2HF3O2/c1-35(2)28-26-6-4-5-7-27(26)33-30(34-28)32-24-16-14-23(15-17-24)31-29(36)22-10-8-20(9-11-22)21-12-18-25(37-3)19-13-21;3-2(4,5)1(6)7/h4-19H,1-3H3,(H,31,36)(H,32,33,34);(H,6,7). The molecule has 9 nitrogen and oxygen atoms in total. The minimum absolute atomic E-state index is 0.171. The lowest BCUT2D eigenvalue weighted by atomic mass is 10.0. The van der Waals surface area contributed by atoms with E-state index < -0.39 is 12.1 Å². The van der Waals surface area contributed by atoms with Gasteiger partial charge in [-0.05, 0) is 71.8 Å². The van der Waals surface area contributed by atoms with Crippen molar-refractivity contribution in [2.75, 3.05) is 36.7 Å². The number of aliphatic carboxylic acids is 1. The topological polar surface area (TPSA) is 117 Å². The molecule has 44 heavy (non-hydrogen) atoms. The van der Waals surface area contributed by atoms with Crippen LogP contribution < -0.4 is 20.3 Å². The van der Waals surface area contributed by atoms with Crippen LogP contribution in [0.15, 0.2) is 97.1 Å². The van der Waals surface area contributed by atoms with Gasteiger partial charge in [-0.25, -0.2) is 9.78 Å². The Hall–Kier alpha value is -5.65. The van der Waals surface area contributed by atoms with E-state index in [0.29, 0.717) is 17.2 Å². The van der Waals surface area contributed by atoms with Crippen LogP contribution in [0.5, 0.6) is 5.75 Å². The van der Waals surface area contributed by atoms with Gasteiger partial charge in [0.1, 0.15) is 11.6 Å². The third-order valence-electron chi connectivity index (χ3n) is 6.22. The number of amides is 1. The lowest BCUT2D eigenvalue weighted by Gasteiger charge is -2.16. The average Bonchev–Trinajstić information content (AvgIpc) is 3.01. The molecule has 3 N–H and O–H groups in total. The molecule has 0 fully saturated rings. The maximum absolute atomic E-state index is 12.8. The number of fused-ring (bicyclic) bond motifs is 1. The maximum atomic E-state index is 12.8. The van der Waals surface area contributed by atoms with Crippen LogP contribution >= 0.6 is 0 Å². The molecule has 5 aromatic rings. The summed E-state index contributed by atoms with van der Waals surface area (Å²) in [4.78, 5) is 33.0. The van der Waals surface area contributed by atoms with Crippen molar-refractivity contribution in [3.8, 4) is 16.9 Å². The molecule has 0 unspecified atom stereocenters. The van der Waals surface area contributed by atoms with Crippen LogP contribution in [0.25, 0.3) is 22.0 Å². The molecule has 0 aliphatic carbocycles. The van der Waals surface area contributed by atoms with Gasteiger partial charge in [-0.3, -0.25) is 4.79 Å². The van der Waals surface area contributed by atoms with E-state index in [0.717, 1.165) is 39.3 Å². The van der Waals surface area contributed by atoms with Crippen LogP contribution in [0, 0.1) is 0 Å². The third kappa shape index (κ3) is 8.00. The highest BCUT2D eigenvalue weighted by Gasteiger charge is 2.38. The number of anilines is 4. The Balaban J connectivity index is 0.000000566. The summed E-state index contributed by atoms with van der Waals surface area (Å²) in [6.07, 6.45) is -5.08. The number of nitrogens with zero attached hydrogens (tertiary/aromatic N) is 3. The van der Waals surface area contributed by atoms with Crippen molar-refractivity contribution in [3.05, 3.63) is 103 Å². The second kappa shape index (κ2) is 13.6. The van der Waals surface area contributed by atoms with E-state index >= 15 is 0 Å². The van der Waals surface area contributed by atoms with Crippen LogP contribution in [0.4, 0.5) is 36.3 Å². The number of hydrogen-bond donors (Lipinski definition) is 3. The highest BCUT2D eigenvalue weighted by molar-refractivity contribution is 6.04. The number of benzene rings is 4. The number of aromatic nitrogens is 2. The fourth-order valence-corrected chi connectivity index (χ4v) is 4.02. The van der Waals surface area contributed by atoms with Crippen molar-refractivity contribution in [1.82, 2.24) is 9.97 Å². The number of carbonyl (C=O) groups excluding carboxylic acids is 1. The van der Waals surface area contributed by atoms with E-state index in [1.165, 1.54) is 0 Å². The van der Waals surface area contributed by atoms with Gasteiger partial charge in [-0.2, -0.15) is 18.2 Å². The molecule has 1 aromatic heterocycles. The van der Waals surface area contributed by atoms with E-state index in [9.17, 15) is 18.0 Å². The molecule has 0 saturated heterocycles. The van der Waals surface area contributed by atoms with Crippen molar-refractivity contribution < 1.29 is 32.6 Å². The highest BCUT2D eigenvalue weighted by atomic mass is 19.4. The van der Waals surface area contributed by atoms with Gasteiger partial charge in [0, 0.05) is 36.4 Å². The lowest BCUT2D eigenvalue weighted by Crippen LogP contribution is -2.21. The Morgan fingerprint density at radius 2 is 1.34 bits per heavy atom. The first-order valence-corrected chi connectivity index (χ1v) is 13.1. The monoisotopic (exact) mass is 603 g/mol. The van der Waals surface area contributed by atoms with E-state index in [4.69, 9.17) is 14.6 Å². The molecule has 0 bridgehead atoms. The minimum atomic E-state index is -5.08. The maximum Gasteiger partial charge on any atom is 0.490 e. The number of nitrogens with one attached hydrogen (secondary N) is 2. The van der Waals surface area contributed by atoms with Gasteiger partial charge in [0.15, 0.2) is 0 Å². The molecule has 12 heteroatoms. The molecule has 0 radical (unpaired) electrons. The molecule has 1 amide bonds. The summed E-state index contributed by atoms with van der Waals surface area (Å²) in [6, 6.07) is 30.7. The molecule has 226 valence electrons. The predicted octanol–water partition coefficient (Wildman–Crippen LogP) is 7.00. The number of methoxy groups -OCH3 is 1. The normalized spacial score (nSPS) is 10.8. The van der Waals surface area contributed by atoms with Crippen molar-refractivity contribution in [2.45, 2.75) is 6.18 Å². The van der Waals surface area contributed by atoms with E-state index in [1.54, 1.807) is 7.11 Å². The number of ether oxygens (including phenoxy) is 1. The Labute approximate surface area is 251 Å². The lowest BCUT2D eigenvalue weighted by molar-refractivity contribution is -0.192. The predicted molar refractivity (Wildman–Crippen MR) is 164 cm³/mol. The first kappa shape index (κ1) is 31.3. The van der Waals surface area contributed by atoms with Gasteiger partial charge >= 0.3 is 12.1 Å². The molecular formula is C32H28F3N5O4. The number of alkyl halides is 3. The third-order valence-corrected chi connectivity index (χ3v) is 6.22. The van der Waals surface area contributed by atoms with Crippen molar-refractivity contribution in [2.24, 2.45) is 0 Å². The molecule has 5 rings (SSSR count). The quantitative estimate of drug-likeness (QED) is 0.182. The Bertz CT molecular complexity index is 1740. The molecule has 1 heterocycles. The summed E-state index contributed by atoms with van der Waals surface area (Å²) in [5, 5.41) is 14.3. The molecule has 0 aliphatic rings. The van der Waals surface area contributed by atoms with Gasteiger partial charge in [-0.1, -0.05) is 36.4 Å². The van der Waals surface area contributed by atoms with Crippen LogP contribution in [0.3, 0.4) is 0 Å². The molecular weight excluding hydrogens is 575 g/mol. The summed E-state index contributed by atoms with van der Waals surface area (Å²) in [5.41, 5.74) is 5.06. The minimum Gasteiger partial charge on any atom is -0.497 e. The van der Waals surface area contributed by atoms with E-state index in [-0.39, 0.29) is 5.91 Å². The summed E-state index contributed by atoms with van der Waals surface area (Å²) in [7, 11) is 5.57. The largest absolute Gasteiger partial charge is 0.497 e. The molecule has 0 saturated carbocycles. The molecule has 4 aromatic carbocycles. The average molecular weight is 604 g/mol. The van der Waals surface area contributed by atoms with E-state index in [2.05, 4.69) is 20.6 Å². The zero-order chi connectivity index (χ0) is 31.9. The van der Waals surface area contributed by atoms with Crippen molar-refractivity contribution in [1.29, 1.82) is 0 Å². The Morgan fingerprint density at radius 1 is 0.795 bits per heavy atom. The second-order valence-electron chi connectivity index (χ2n) is 9.55. The Morgan fingerprint density at radius 3 is 1.89 bits per heavy atom. The smallest absolute Gasteiger partial charge is 0.490 e. The highest BCUT2D eigenvalue weighted by Crippen LogP contribution is 2.26. The second-order valence-corrected chi connectivity index (χ2v) is 9.55. The molecule has 0 spiro atoms. The van der Waals surface area contributed by atoms with Crippen LogP contribution in [-0.4, -0.2) is 54.3 Å². The first-order valence-electron chi connectivity index (χ1n) is 13.1. The van der Waals surface area contributed by atoms with Crippen LogP contribution in [-0.2, 0) is 4.79 Å². The molecule has 0 atom stereocenters. The Kier molecular flexibility index (Phi) is 9.64. The van der Waals surface area contributed by atoms with Gasteiger partial charge in [0.25, 0.3) is 5.91 Å². The SMILES string of the molecule is COc1ccc(-c2ccc(C(=O)Nc3ccc(Nc4nc(N(C)C)c5ccccc5n4)cc3)cc2)cc1.O=C(O)C(F)(F)F. The van der Waals surface area contributed by atoms with Crippen molar-refractivity contribution >= 4 is 45.9 Å². The fourth-order valence-electron chi connectivity index (χ4n) is 4.02. The number of hydrogen-bond acceptors (Lipinski definition) is 7. The number of carboxylic acids is 1. The first-order chi connectivity index (χ1) is 20.9. The van der Waals surface area contributed by atoms with Gasteiger partial charge in [0.2, 0.25) is 5.95 Å². The van der Waals surface area contributed by atoms with Gasteiger partial charge in [-0.15, -0.1) is 0 Å². The van der Waals surface area contributed by atoms with Crippen molar-refractivity contribution in [3.63, 3.8) is 0 Å². The zero-order valence-electron chi connectivity index (χ0n) is 23.9. The van der Waals surface area contributed by atoms with Crippen LogP contribution in [0.2, 0.25) is 0 Å². The molecule has 0 aliphatic heterocycles. The number of para-hydroxylation sites is 1. The summed E-state index contributed by atoms with van der Waals surface area (Å²) < 4.78 is 36.9. The summed E-state index contributed by atoms with van der Waals surface area (Å²) in [6.45, 7) is 0. The number of carbonyl (C=O) groups is 2. The number of carboxylic acid groups (broad SMARTS) is 1. The van der Waals surface area contributed by atoms with E-state index in [1.807, 2.05) is 116 Å². The summed E-state index contributed by atoms with van der Waals surface area (Å²) >= 11 is 0. The fraction of sp³-hybridized carbons (Fsp3) is 0.125.